The summed E-state index contributed by atoms with van der Waals surface area (Å²) >= 11 is 0. The van der Waals surface area contributed by atoms with Crippen molar-refractivity contribution < 1.29 is 29.3 Å². The molecule has 6 heteroatoms. The molecule has 0 radical (unpaired) electrons. The molecule has 0 saturated heterocycles. The van der Waals surface area contributed by atoms with Gasteiger partial charge in [0, 0.05) is 0 Å². The molecule has 0 amide bonds. The van der Waals surface area contributed by atoms with E-state index in [-0.39, 0.29) is 0 Å². The number of rotatable bonds is 2. The summed E-state index contributed by atoms with van der Waals surface area (Å²) in [4.78, 5) is 20.5. The van der Waals surface area contributed by atoms with Crippen LogP contribution in [-0.4, -0.2) is 34.7 Å². The van der Waals surface area contributed by atoms with Gasteiger partial charge in [-0.25, -0.2) is 9.59 Å². The summed E-state index contributed by atoms with van der Waals surface area (Å²) in [6.45, 7) is 0. The lowest BCUT2D eigenvalue weighted by atomic mass is 9.95. The molecule has 0 aromatic carbocycles. The molecular weight excluding hydrogens is 192 g/mol. The summed E-state index contributed by atoms with van der Waals surface area (Å²) < 4.78 is 9.07. The third-order valence-electron chi connectivity index (χ3n) is 2.15. The second-order valence-electron chi connectivity index (χ2n) is 3.13. The van der Waals surface area contributed by atoms with E-state index in [0.717, 1.165) is 12.8 Å². The first-order valence-corrected chi connectivity index (χ1v) is 4.38. The molecule has 0 aromatic heterocycles. The van der Waals surface area contributed by atoms with Crippen LogP contribution < -0.4 is 0 Å². The van der Waals surface area contributed by atoms with Crippen LogP contribution >= 0.6 is 0 Å². The van der Waals surface area contributed by atoms with E-state index in [9.17, 15) is 9.59 Å². The van der Waals surface area contributed by atoms with Crippen LogP contribution in [0.2, 0.25) is 0 Å². The zero-order valence-electron chi connectivity index (χ0n) is 7.51. The first-order chi connectivity index (χ1) is 6.59. The van der Waals surface area contributed by atoms with Crippen molar-refractivity contribution in [1.29, 1.82) is 0 Å². The van der Waals surface area contributed by atoms with E-state index in [1.54, 1.807) is 0 Å². The van der Waals surface area contributed by atoms with E-state index in [2.05, 4.69) is 9.47 Å². The number of hydrogen-bond donors (Lipinski definition) is 2. The molecule has 1 fully saturated rings. The summed E-state index contributed by atoms with van der Waals surface area (Å²) in [5.74, 6) is 0. The Morgan fingerprint density at radius 3 is 1.57 bits per heavy atom. The maximum atomic E-state index is 10.3. The van der Waals surface area contributed by atoms with Gasteiger partial charge in [-0.1, -0.05) is 0 Å². The largest absolute Gasteiger partial charge is 0.506 e. The molecule has 1 aliphatic rings. The SMILES string of the molecule is O=C(O)OC1CCCCC1OC(=O)O. The molecule has 1 saturated carbocycles. The van der Waals surface area contributed by atoms with Gasteiger partial charge in [-0.15, -0.1) is 0 Å². The smallest absolute Gasteiger partial charge is 0.450 e. The van der Waals surface area contributed by atoms with Crippen LogP contribution in [0.5, 0.6) is 0 Å². The summed E-state index contributed by atoms with van der Waals surface area (Å²) in [7, 11) is 0. The van der Waals surface area contributed by atoms with Gasteiger partial charge in [-0.2, -0.15) is 0 Å². The highest BCUT2D eigenvalue weighted by atomic mass is 16.7. The van der Waals surface area contributed by atoms with Crippen molar-refractivity contribution in [3.8, 4) is 0 Å². The minimum Gasteiger partial charge on any atom is -0.450 e. The van der Waals surface area contributed by atoms with Gasteiger partial charge in [0.2, 0.25) is 0 Å². The molecule has 2 atom stereocenters. The maximum Gasteiger partial charge on any atom is 0.506 e. The Balaban J connectivity index is 2.49. The highest BCUT2D eigenvalue weighted by molar-refractivity contribution is 5.58. The Hall–Kier alpha value is -1.46. The summed E-state index contributed by atoms with van der Waals surface area (Å²) in [5, 5.41) is 16.8. The molecule has 0 bridgehead atoms. The first kappa shape index (κ1) is 10.6. The molecule has 2 unspecified atom stereocenters. The van der Waals surface area contributed by atoms with Crippen LogP contribution in [0.25, 0.3) is 0 Å². The predicted octanol–water partition coefficient (Wildman–Crippen LogP) is 1.69. The molecule has 0 aromatic rings. The lowest BCUT2D eigenvalue weighted by Crippen LogP contribution is -2.37. The second kappa shape index (κ2) is 4.69. The summed E-state index contributed by atoms with van der Waals surface area (Å²) in [5.41, 5.74) is 0. The number of carboxylic acid groups (broad SMARTS) is 2. The van der Waals surface area contributed by atoms with Crippen molar-refractivity contribution in [2.24, 2.45) is 0 Å². The molecule has 0 heterocycles. The molecule has 2 N–H and O–H groups in total. The molecule has 14 heavy (non-hydrogen) atoms. The van der Waals surface area contributed by atoms with Gasteiger partial charge in [-0.05, 0) is 25.7 Å². The van der Waals surface area contributed by atoms with E-state index in [4.69, 9.17) is 10.2 Å². The fourth-order valence-corrected chi connectivity index (χ4v) is 1.59. The minimum atomic E-state index is -1.39. The maximum absolute atomic E-state index is 10.3. The average Bonchev–Trinajstić information content (AvgIpc) is 2.06. The van der Waals surface area contributed by atoms with Gasteiger partial charge < -0.3 is 19.7 Å². The summed E-state index contributed by atoms with van der Waals surface area (Å²) in [6, 6.07) is 0. The van der Waals surface area contributed by atoms with E-state index < -0.39 is 24.5 Å². The molecule has 1 rings (SSSR count). The Labute approximate surface area is 80.4 Å². The quantitative estimate of drug-likeness (QED) is 0.665. The average molecular weight is 204 g/mol. The second-order valence-corrected chi connectivity index (χ2v) is 3.13. The first-order valence-electron chi connectivity index (χ1n) is 4.38. The number of hydrogen-bond acceptors (Lipinski definition) is 4. The van der Waals surface area contributed by atoms with Crippen molar-refractivity contribution in [2.45, 2.75) is 37.9 Å². The molecular formula is C8H12O6. The lowest BCUT2D eigenvalue weighted by Gasteiger charge is -2.28. The van der Waals surface area contributed by atoms with Gasteiger partial charge in [0.1, 0.15) is 12.2 Å². The van der Waals surface area contributed by atoms with Crippen LogP contribution in [-0.2, 0) is 9.47 Å². The predicted molar refractivity (Wildman–Crippen MR) is 44.3 cm³/mol. The fourth-order valence-electron chi connectivity index (χ4n) is 1.59. The van der Waals surface area contributed by atoms with E-state index >= 15 is 0 Å². The monoisotopic (exact) mass is 204 g/mol. The highest BCUT2D eigenvalue weighted by Crippen LogP contribution is 2.24. The van der Waals surface area contributed by atoms with E-state index in [0.29, 0.717) is 12.8 Å². The Morgan fingerprint density at radius 1 is 0.929 bits per heavy atom. The van der Waals surface area contributed by atoms with E-state index in [1.807, 2.05) is 0 Å². The standard InChI is InChI=1S/C8H12O6/c9-7(10)13-5-3-1-2-4-6(5)14-8(11)12/h5-6H,1-4H2,(H,9,10)(H,11,12). The molecule has 0 aliphatic heterocycles. The van der Waals surface area contributed by atoms with Crippen molar-refractivity contribution in [3.63, 3.8) is 0 Å². The molecule has 6 nitrogen and oxygen atoms in total. The minimum absolute atomic E-state index is 0.518. The van der Waals surface area contributed by atoms with Gasteiger partial charge in [-0.3, -0.25) is 0 Å². The van der Waals surface area contributed by atoms with Crippen molar-refractivity contribution in [1.82, 2.24) is 0 Å². The molecule has 1 aliphatic carbocycles. The molecule has 80 valence electrons. The number of carbonyl (C=O) groups is 2. The zero-order valence-corrected chi connectivity index (χ0v) is 7.51. The Kier molecular flexibility index (Phi) is 3.55. The van der Waals surface area contributed by atoms with E-state index in [1.165, 1.54) is 0 Å². The van der Waals surface area contributed by atoms with Gasteiger partial charge >= 0.3 is 12.3 Å². The highest BCUT2D eigenvalue weighted by Gasteiger charge is 2.31. The van der Waals surface area contributed by atoms with Crippen molar-refractivity contribution in [3.05, 3.63) is 0 Å². The fraction of sp³-hybridized carbons (Fsp3) is 0.750. The summed E-state index contributed by atoms with van der Waals surface area (Å²) in [6.07, 6.45) is -1.40. The zero-order chi connectivity index (χ0) is 10.6. The van der Waals surface area contributed by atoms with Crippen LogP contribution in [0.4, 0.5) is 9.59 Å². The van der Waals surface area contributed by atoms with Crippen LogP contribution in [0, 0.1) is 0 Å². The number of ether oxygens (including phenoxy) is 2. The van der Waals surface area contributed by atoms with Gasteiger partial charge in [0.25, 0.3) is 0 Å². The van der Waals surface area contributed by atoms with Crippen LogP contribution in [0.1, 0.15) is 25.7 Å². The van der Waals surface area contributed by atoms with Gasteiger partial charge in [0.05, 0.1) is 0 Å². The van der Waals surface area contributed by atoms with Crippen LogP contribution in [0.3, 0.4) is 0 Å². The van der Waals surface area contributed by atoms with Crippen molar-refractivity contribution >= 4 is 12.3 Å². The Bertz CT molecular complexity index is 202. The van der Waals surface area contributed by atoms with Gasteiger partial charge in [0.15, 0.2) is 0 Å². The third kappa shape index (κ3) is 3.12. The third-order valence-corrected chi connectivity index (χ3v) is 2.15. The van der Waals surface area contributed by atoms with Crippen molar-refractivity contribution in [2.75, 3.05) is 0 Å². The normalized spacial score (nSPS) is 26.6. The topological polar surface area (TPSA) is 93.1 Å². The van der Waals surface area contributed by atoms with Crippen LogP contribution in [0.15, 0.2) is 0 Å². The molecule has 0 spiro atoms. The lowest BCUT2D eigenvalue weighted by molar-refractivity contribution is -0.0576. The Morgan fingerprint density at radius 2 is 1.29 bits per heavy atom.